The number of amides is 1. The highest BCUT2D eigenvalue weighted by molar-refractivity contribution is 5.99. The van der Waals surface area contributed by atoms with Gasteiger partial charge in [-0.3, -0.25) is 10.2 Å². The van der Waals surface area contributed by atoms with Crippen LogP contribution < -0.4 is 10.3 Å². The molecular weight excluding hydrogens is 266 g/mol. The number of hydrogen-bond donors (Lipinski definition) is 1. The summed E-state index contributed by atoms with van der Waals surface area (Å²) in [5.74, 6) is -0.0116. The van der Waals surface area contributed by atoms with Gasteiger partial charge in [-0.1, -0.05) is 11.6 Å². The predicted molar refractivity (Wildman–Crippen MR) is 82.5 cm³/mol. The monoisotopic (exact) mass is 289 g/mol. The third-order valence-electron chi connectivity index (χ3n) is 4.11. The minimum atomic E-state index is -0.0116. The molecule has 2 heterocycles. The van der Waals surface area contributed by atoms with Crippen molar-refractivity contribution in [2.45, 2.75) is 19.8 Å². The van der Waals surface area contributed by atoms with Gasteiger partial charge in [0.1, 0.15) is 0 Å². The maximum atomic E-state index is 12.6. The highest BCUT2D eigenvalue weighted by atomic mass is 16.5. The summed E-state index contributed by atoms with van der Waals surface area (Å²) in [5.41, 5.74) is 5.97. The Morgan fingerprint density at radius 1 is 1.14 bits per heavy atom. The maximum absolute atomic E-state index is 12.6. The Bertz CT molecular complexity index is 506. The largest absolute Gasteiger partial charge is 0.379 e. The van der Waals surface area contributed by atoms with Gasteiger partial charge in [-0.15, -0.1) is 0 Å². The molecule has 1 aromatic carbocycles. The summed E-state index contributed by atoms with van der Waals surface area (Å²) < 4.78 is 5.31. The highest BCUT2D eigenvalue weighted by Crippen LogP contribution is 2.25. The van der Waals surface area contributed by atoms with E-state index in [4.69, 9.17) is 4.74 Å². The Balaban J connectivity index is 1.78. The molecule has 0 radical (unpaired) electrons. The lowest BCUT2D eigenvalue weighted by molar-refractivity contribution is 0.0126. The predicted octanol–water partition coefficient (Wildman–Crippen LogP) is 1.57. The van der Waals surface area contributed by atoms with Gasteiger partial charge >= 0.3 is 0 Å². The van der Waals surface area contributed by atoms with Crippen molar-refractivity contribution >= 4 is 11.6 Å². The molecule has 0 spiro atoms. The van der Waals surface area contributed by atoms with E-state index in [1.165, 1.54) is 12.8 Å². The number of nitrogens with one attached hydrogen (secondary N) is 1. The van der Waals surface area contributed by atoms with Crippen LogP contribution in [0, 0.1) is 6.92 Å². The summed E-state index contributed by atoms with van der Waals surface area (Å²) in [6.45, 7) is 6.95. The molecule has 2 fully saturated rings. The molecule has 0 unspecified atom stereocenters. The van der Waals surface area contributed by atoms with Gasteiger partial charge < -0.3 is 9.64 Å². The number of rotatable bonds is 3. The third-order valence-corrected chi connectivity index (χ3v) is 4.11. The summed E-state index contributed by atoms with van der Waals surface area (Å²) >= 11 is 0. The first kappa shape index (κ1) is 14.4. The molecule has 2 aliphatic rings. The van der Waals surface area contributed by atoms with Crippen molar-refractivity contribution in [3.05, 3.63) is 29.3 Å². The fourth-order valence-electron chi connectivity index (χ4n) is 2.94. The summed E-state index contributed by atoms with van der Waals surface area (Å²) in [7, 11) is 0. The lowest BCUT2D eigenvalue weighted by Gasteiger charge is -2.28. The van der Waals surface area contributed by atoms with Gasteiger partial charge in [-0.05, 0) is 31.9 Å². The summed E-state index contributed by atoms with van der Waals surface area (Å²) in [6.07, 6.45) is 2.41. The van der Waals surface area contributed by atoms with E-state index in [2.05, 4.69) is 22.5 Å². The van der Waals surface area contributed by atoms with Crippen LogP contribution in [0.1, 0.15) is 28.8 Å². The Kier molecular flexibility index (Phi) is 4.41. The van der Waals surface area contributed by atoms with Crippen molar-refractivity contribution in [1.82, 2.24) is 10.4 Å². The molecule has 0 bridgehead atoms. The fourth-order valence-corrected chi connectivity index (χ4v) is 2.94. The summed E-state index contributed by atoms with van der Waals surface area (Å²) in [6, 6.07) is 6.15. The number of anilines is 1. The van der Waals surface area contributed by atoms with E-state index in [0.717, 1.165) is 43.0 Å². The number of carbonyl (C=O) groups is 1. The first-order valence-corrected chi connectivity index (χ1v) is 7.73. The minimum absolute atomic E-state index is 0.0116. The van der Waals surface area contributed by atoms with E-state index in [-0.39, 0.29) is 5.91 Å². The van der Waals surface area contributed by atoms with Crippen molar-refractivity contribution in [3.63, 3.8) is 0 Å². The van der Waals surface area contributed by atoms with Gasteiger partial charge in [-0.2, -0.15) is 0 Å². The second-order valence-electron chi connectivity index (χ2n) is 5.76. The molecule has 5 nitrogen and oxygen atoms in total. The number of ether oxygens (including phenoxy) is 1. The quantitative estimate of drug-likeness (QED) is 0.917. The number of hydrazine groups is 1. The van der Waals surface area contributed by atoms with Gasteiger partial charge in [-0.25, -0.2) is 5.01 Å². The first-order valence-electron chi connectivity index (χ1n) is 7.73. The SMILES string of the molecule is Cc1ccc(N2CCCC2)c(C(=O)NN2CCOCC2)c1. The lowest BCUT2D eigenvalue weighted by Crippen LogP contribution is -2.48. The molecule has 0 atom stereocenters. The van der Waals surface area contributed by atoms with Crippen LogP contribution >= 0.6 is 0 Å². The highest BCUT2D eigenvalue weighted by Gasteiger charge is 2.21. The van der Waals surface area contributed by atoms with E-state index >= 15 is 0 Å². The van der Waals surface area contributed by atoms with Crippen LogP contribution in [0.3, 0.4) is 0 Å². The van der Waals surface area contributed by atoms with Crippen molar-refractivity contribution in [1.29, 1.82) is 0 Å². The molecule has 0 aromatic heterocycles. The van der Waals surface area contributed by atoms with E-state index in [0.29, 0.717) is 13.2 Å². The molecule has 114 valence electrons. The summed E-state index contributed by atoms with van der Waals surface area (Å²) in [5, 5.41) is 1.95. The average Bonchev–Trinajstić information content (AvgIpc) is 3.02. The number of hydrogen-bond acceptors (Lipinski definition) is 4. The third kappa shape index (κ3) is 3.36. The van der Waals surface area contributed by atoms with Gasteiger partial charge in [0.15, 0.2) is 0 Å². The van der Waals surface area contributed by atoms with E-state index in [1.807, 2.05) is 18.0 Å². The van der Waals surface area contributed by atoms with E-state index < -0.39 is 0 Å². The van der Waals surface area contributed by atoms with Crippen LogP contribution in [0.25, 0.3) is 0 Å². The molecule has 0 saturated carbocycles. The van der Waals surface area contributed by atoms with Gasteiger partial charge in [0.05, 0.1) is 18.8 Å². The second kappa shape index (κ2) is 6.45. The molecule has 2 saturated heterocycles. The van der Waals surface area contributed by atoms with Crippen molar-refractivity contribution in [3.8, 4) is 0 Å². The number of carbonyl (C=O) groups excluding carboxylic acids is 1. The Morgan fingerprint density at radius 2 is 1.86 bits per heavy atom. The number of morpholine rings is 1. The fraction of sp³-hybridized carbons (Fsp3) is 0.562. The van der Waals surface area contributed by atoms with Crippen LogP contribution in [0.4, 0.5) is 5.69 Å². The molecule has 2 aliphatic heterocycles. The Hall–Kier alpha value is -1.59. The normalized spacial score (nSPS) is 19.8. The molecule has 5 heteroatoms. The van der Waals surface area contributed by atoms with E-state index in [9.17, 15) is 4.79 Å². The maximum Gasteiger partial charge on any atom is 0.267 e. The van der Waals surface area contributed by atoms with Gasteiger partial charge in [0.25, 0.3) is 5.91 Å². The zero-order chi connectivity index (χ0) is 14.7. The van der Waals surface area contributed by atoms with Crippen LogP contribution in [0.15, 0.2) is 18.2 Å². The molecule has 3 rings (SSSR count). The first-order chi connectivity index (χ1) is 10.2. The minimum Gasteiger partial charge on any atom is -0.379 e. The van der Waals surface area contributed by atoms with Crippen LogP contribution in [0.2, 0.25) is 0 Å². The number of aryl methyl sites for hydroxylation is 1. The molecule has 1 N–H and O–H groups in total. The van der Waals surface area contributed by atoms with Gasteiger partial charge in [0.2, 0.25) is 0 Å². The van der Waals surface area contributed by atoms with Gasteiger partial charge in [0, 0.05) is 31.9 Å². The topological polar surface area (TPSA) is 44.8 Å². The van der Waals surface area contributed by atoms with Crippen LogP contribution in [0.5, 0.6) is 0 Å². The Morgan fingerprint density at radius 3 is 2.57 bits per heavy atom. The molecule has 1 amide bonds. The van der Waals surface area contributed by atoms with Crippen LogP contribution in [-0.2, 0) is 4.74 Å². The molecule has 0 aliphatic carbocycles. The van der Waals surface area contributed by atoms with E-state index in [1.54, 1.807) is 0 Å². The van der Waals surface area contributed by atoms with Crippen LogP contribution in [-0.4, -0.2) is 50.3 Å². The van der Waals surface area contributed by atoms with Crippen molar-refractivity contribution < 1.29 is 9.53 Å². The lowest BCUT2D eigenvalue weighted by atomic mass is 10.1. The number of nitrogens with zero attached hydrogens (tertiary/aromatic N) is 2. The standard InChI is InChI=1S/C16H23N3O2/c1-13-4-5-15(18-6-2-3-7-18)14(12-13)16(20)17-19-8-10-21-11-9-19/h4-5,12H,2-3,6-11H2,1H3,(H,17,20). The summed E-state index contributed by atoms with van der Waals surface area (Å²) in [4.78, 5) is 14.9. The zero-order valence-electron chi connectivity index (χ0n) is 12.6. The average molecular weight is 289 g/mol. The van der Waals surface area contributed by atoms with Crippen molar-refractivity contribution in [2.75, 3.05) is 44.3 Å². The smallest absolute Gasteiger partial charge is 0.267 e. The Labute approximate surface area is 125 Å². The molecule has 1 aromatic rings. The molecule has 21 heavy (non-hydrogen) atoms. The number of benzene rings is 1. The second-order valence-corrected chi connectivity index (χ2v) is 5.76. The molecular formula is C16H23N3O2. The zero-order valence-corrected chi connectivity index (χ0v) is 12.6. The van der Waals surface area contributed by atoms with Crippen molar-refractivity contribution in [2.24, 2.45) is 0 Å².